The van der Waals surface area contributed by atoms with Crippen molar-refractivity contribution in [1.29, 1.82) is 0 Å². The average Bonchev–Trinajstić information content (AvgIpc) is 2.75. The number of fused-ring (bicyclic) bond motifs is 1. The highest BCUT2D eigenvalue weighted by Crippen LogP contribution is 2.23. The molecule has 1 amide bonds. The van der Waals surface area contributed by atoms with Crippen molar-refractivity contribution < 1.29 is 13.2 Å². The van der Waals surface area contributed by atoms with Crippen LogP contribution >= 0.6 is 0 Å². The van der Waals surface area contributed by atoms with Gasteiger partial charge in [0.2, 0.25) is 5.91 Å². The van der Waals surface area contributed by atoms with Gasteiger partial charge in [-0.15, -0.1) is 0 Å². The van der Waals surface area contributed by atoms with Gasteiger partial charge >= 0.3 is 0 Å². The number of H-pyrrole nitrogens is 1. The number of carbonyl (C=O) groups excluding carboxylic acids is 1. The number of nitrogens with zero attached hydrogens (tertiary/aromatic N) is 1. The molecular weight excluding hydrogens is 318 g/mol. The zero-order valence-electron chi connectivity index (χ0n) is 12.6. The molecule has 8 heteroatoms. The summed E-state index contributed by atoms with van der Waals surface area (Å²) < 4.78 is 23.2. The summed E-state index contributed by atoms with van der Waals surface area (Å²) in [6, 6.07) is 6.92. The van der Waals surface area contributed by atoms with Gasteiger partial charge in [-0.1, -0.05) is 18.2 Å². The number of aromatic nitrogens is 2. The molecule has 1 saturated heterocycles. The second-order valence-electron chi connectivity index (χ2n) is 6.17. The fourth-order valence-electron chi connectivity index (χ4n) is 2.95. The lowest BCUT2D eigenvalue weighted by atomic mass is 10.0. The Morgan fingerprint density at radius 1 is 1.35 bits per heavy atom. The van der Waals surface area contributed by atoms with Crippen LogP contribution in [0.3, 0.4) is 0 Å². The van der Waals surface area contributed by atoms with Gasteiger partial charge < -0.3 is 5.32 Å². The van der Waals surface area contributed by atoms with Crippen LogP contribution in [0.1, 0.15) is 19.0 Å². The maximum Gasteiger partial charge on any atom is 0.272 e. The number of amides is 1. The predicted octanol–water partition coefficient (Wildman–Crippen LogP) is 0.159. The van der Waals surface area contributed by atoms with E-state index in [1.807, 2.05) is 0 Å². The van der Waals surface area contributed by atoms with Gasteiger partial charge in [0.1, 0.15) is 0 Å². The lowest BCUT2D eigenvalue weighted by molar-refractivity contribution is -0.122. The topological polar surface area (TPSA) is 109 Å². The molecule has 0 saturated carbocycles. The van der Waals surface area contributed by atoms with Crippen molar-refractivity contribution in [3.63, 3.8) is 0 Å². The molecule has 23 heavy (non-hydrogen) atoms. The molecule has 2 aromatic rings. The van der Waals surface area contributed by atoms with Crippen molar-refractivity contribution in [3.05, 3.63) is 40.3 Å². The predicted molar refractivity (Wildman–Crippen MR) is 85.9 cm³/mol. The van der Waals surface area contributed by atoms with E-state index in [1.54, 1.807) is 31.2 Å². The first-order chi connectivity index (χ1) is 10.8. The second kappa shape index (κ2) is 5.45. The van der Waals surface area contributed by atoms with Crippen LogP contribution in [0.4, 0.5) is 0 Å². The third-order valence-electron chi connectivity index (χ3n) is 4.05. The molecule has 1 aliphatic heterocycles. The molecule has 1 aromatic heterocycles. The molecule has 0 aliphatic carbocycles. The summed E-state index contributed by atoms with van der Waals surface area (Å²) in [5.41, 5.74) is -0.589. The van der Waals surface area contributed by atoms with E-state index in [0.717, 1.165) is 0 Å². The Balaban J connectivity index is 1.82. The minimum atomic E-state index is -3.09. The Bertz CT molecular complexity index is 935. The van der Waals surface area contributed by atoms with Gasteiger partial charge in [0, 0.05) is 5.39 Å². The van der Waals surface area contributed by atoms with Crippen LogP contribution < -0.4 is 10.9 Å². The van der Waals surface area contributed by atoms with Gasteiger partial charge in [0.25, 0.3) is 5.56 Å². The molecule has 1 aliphatic rings. The molecule has 3 rings (SSSR count). The number of sulfone groups is 1. The second-order valence-corrected chi connectivity index (χ2v) is 8.36. The third kappa shape index (κ3) is 3.26. The Hall–Kier alpha value is -2.22. The van der Waals surface area contributed by atoms with E-state index in [9.17, 15) is 18.0 Å². The Kier molecular flexibility index (Phi) is 3.71. The fourth-order valence-corrected chi connectivity index (χ4v) is 5.04. The highest BCUT2D eigenvalue weighted by Gasteiger charge is 2.39. The van der Waals surface area contributed by atoms with Crippen LogP contribution in [0, 0.1) is 0 Å². The van der Waals surface area contributed by atoms with Crippen molar-refractivity contribution in [2.75, 3.05) is 11.5 Å². The summed E-state index contributed by atoms with van der Waals surface area (Å²) in [7, 11) is -3.09. The molecule has 7 nitrogen and oxygen atoms in total. The largest absolute Gasteiger partial charge is 0.350 e. The van der Waals surface area contributed by atoms with Gasteiger partial charge in [-0.25, -0.2) is 13.5 Å². The smallest absolute Gasteiger partial charge is 0.272 e. The van der Waals surface area contributed by atoms with Crippen molar-refractivity contribution in [2.24, 2.45) is 0 Å². The fraction of sp³-hybridized carbons (Fsp3) is 0.400. The Morgan fingerprint density at radius 2 is 2.04 bits per heavy atom. The summed E-state index contributed by atoms with van der Waals surface area (Å²) in [5.74, 6) is -0.274. The van der Waals surface area contributed by atoms with E-state index in [0.29, 0.717) is 22.9 Å². The van der Waals surface area contributed by atoms with Crippen LogP contribution in [0.2, 0.25) is 0 Å². The van der Waals surface area contributed by atoms with E-state index in [4.69, 9.17) is 0 Å². The Labute approximate surface area is 133 Å². The molecule has 0 spiro atoms. The van der Waals surface area contributed by atoms with E-state index in [2.05, 4.69) is 15.5 Å². The quantitative estimate of drug-likeness (QED) is 0.830. The molecule has 0 unspecified atom stereocenters. The summed E-state index contributed by atoms with van der Waals surface area (Å²) in [6.45, 7) is 1.73. The summed E-state index contributed by atoms with van der Waals surface area (Å²) in [5, 5.41) is 10.2. The molecular formula is C15H17N3O4S. The van der Waals surface area contributed by atoms with Gasteiger partial charge in [0.15, 0.2) is 9.84 Å². The number of nitrogens with one attached hydrogen (secondary N) is 2. The maximum atomic E-state index is 12.3. The third-order valence-corrected chi connectivity index (χ3v) is 5.95. The van der Waals surface area contributed by atoms with Gasteiger partial charge in [-0.05, 0) is 19.4 Å². The number of rotatable bonds is 3. The zero-order chi connectivity index (χ0) is 16.7. The molecule has 2 N–H and O–H groups in total. The van der Waals surface area contributed by atoms with E-state index < -0.39 is 15.4 Å². The van der Waals surface area contributed by atoms with Crippen molar-refractivity contribution in [1.82, 2.24) is 15.5 Å². The SMILES string of the molecule is C[C@]1(NC(=O)Cc2n[nH]c(=O)c3ccccc23)CCS(=O)(=O)C1. The maximum absolute atomic E-state index is 12.3. The average molecular weight is 335 g/mol. The minimum absolute atomic E-state index is 0.0209. The normalized spacial score (nSPS) is 23.0. The Morgan fingerprint density at radius 3 is 2.70 bits per heavy atom. The summed E-state index contributed by atoms with van der Waals surface area (Å²) in [4.78, 5) is 24.0. The van der Waals surface area contributed by atoms with Crippen LogP contribution in [0.15, 0.2) is 29.1 Å². The molecule has 1 fully saturated rings. The molecule has 1 atom stereocenters. The van der Waals surface area contributed by atoms with Crippen LogP contribution in [-0.4, -0.2) is 41.6 Å². The van der Waals surface area contributed by atoms with Gasteiger partial charge in [0.05, 0.1) is 34.5 Å². The van der Waals surface area contributed by atoms with Crippen LogP contribution in [0.25, 0.3) is 10.8 Å². The zero-order valence-corrected chi connectivity index (χ0v) is 13.4. The number of carbonyl (C=O) groups is 1. The monoisotopic (exact) mass is 335 g/mol. The first-order valence-electron chi connectivity index (χ1n) is 7.26. The highest BCUT2D eigenvalue weighted by atomic mass is 32.2. The van der Waals surface area contributed by atoms with Crippen molar-refractivity contribution >= 4 is 26.5 Å². The molecule has 0 radical (unpaired) electrons. The number of benzene rings is 1. The summed E-state index contributed by atoms with van der Waals surface area (Å²) >= 11 is 0. The molecule has 0 bridgehead atoms. The first-order valence-corrected chi connectivity index (χ1v) is 9.08. The van der Waals surface area contributed by atoms with Gasteiger partial charge in [-0.2, -0.15) is 5.10 Å². The van der Waals surface area contributed by atoms with Crippen LogP contribution in [0.5, 0.6) is 0 Å². The first kappa shape index (κ1) is 15.7. The number of hydrogen-bond acceptors (Lipinski definition) is 5. The van der Waals surface area contributed by atoms with Crippen molar-refractivity contribution in [3.8, 4) is 0 Å². The number of aromatic amines is 1. The highest BCUT2D eigenvalue weighted by molar-refractivity contribution is 7.91. The lowest BCUT2D eigenvalue weighted by Gasteiger charge is -2.23. The molecule has 122 valence electrons. The number of hydrogen-bond donors (Lipinski definition) is 2. The molecule has 1 aromatic carbocycles. The van der Waals surface area contributed by atoms with Crippen molar-refractivity contribution in [2.45, 2.75) is 25.3 Å². The van der Waals surface area contributed by atoms with Gasteiger partial charge in [-0.3, -0.25) is 9.59 Å². The van der Waals surface area contributed by atoms with E-state index in [-0.39, 0.29) is 29.4 Å². The van der Waals surface area contributed by atoms with E-state index in [1.165, 1.54) is 0 Å². The minimum Gasteiger partial charge on any atom is -0.350 e. The van der Waals surface area contributed by atoms with E-state index >= 15 is 0 Å². The molecule has 2 heterocycles. The standard InChI is InChI=1S/C15H17N3O4S/c1-15(6-7-23(21,22)9-15)16-13(19)8-12-10-4-2-3-5-11(10)14(20)18-17-12/h2-5H,6-9H2,1H3,(H,16,19)(H,18,20)/t15-/m0/s1. The van der Waals surface area contributed by atoms with Crippen LogP contribution in [-0.2, 0) is 21.1 Å². The summed E-state index contributed by atoms with van der Waals surface area (Å²) in [6.07, 6.45) is 0.383. The lowest BCUT2D eigenvalue weighted by Crippen LogP contribution is -2.47.